The van der Waals surface area contributed by atoms with Crippen LogP contribution < -0.4 is 15.4 Å². The Morgan fingerprint density at radius 1 is 0.911 bits per heavy atom. The molecule has 0 bridgehead atoms. The Labute approximate surface area is 264 Å². The van der Waals surface area contributed by atoms with Crippen molar-refractivity contribution in [2.45, 2.75) is 38.2 Å². The van der Waals surface area contributed by atoms with Gasteiger partial charge in [0, 0.05) is 36.9 Å². The van der Waals surface area contributed by atoms with Crippen LogP contribution >= 0.6 is 0 Å². The molecule has 1 heterocycles. The number of ether oxygens (including phenoxy) is 2. The van der Waals surface area contributed by atoms with Gasteiger partial charge in [-0.1, -0.05) is 86.6 Å². The Hall–Kier alpha value is -5.12. The summed E-state index contributed by atoms with van der Waals surface area (Å²) in [6.45, 7) is 4.71. The monoisotopic (exact) mass is 611 g/mol. The van der Waals surface area contributed by atoms with Crippen LogP contribution in [-0.4, -0.2) is 66.1 Å². The number of imidazole rings is 1. The van der Waals surface area contributed by atoms with Gasteiger partial charge in [0.15, 0.2) is 0 Å². The van der Waals surface area contributed by atoms with Gasteiger partial charge in [-0.15, -0.1) is 0 Å². The molecular weight excluding hydrogens is 570 g/mol. The van der Waals surface area contributed by atoms with Crippen molar-refractivity contribution in [3.8, 4) is 5.75 Å². The van der Waals surface area contributed by atoms with Crippen LogP contribution in [0.2, 0.25) is 0 Å². The van der Waals surface area contributed by atoms with Crippen molar-refractivity contribution in [3.63, 3.8) is 0 Å². The maximum atomic E-state index is 14.1. The molecule has 0 aliphatic carbocycles. The number of alkyl carbamates (subject to hydrolysis) is 1. The topological polar surface area (TPSA) is 126 Å². The highest BCUT2D eigenvalue weighted by molar-refractivity contribution is 5.89. The van der Waals surface area contributed by atoms with E-state index in [9.17, 15) is 14.4 Å². The molecule has 3 N–H and O–H groups in total. The lowest BCUT2D eigenvalue weighted by atomic mass is 9.84. The van der Waals surface area contributed by atoms with Gasteiger partial charge in [0.25, 0.3) is 0 Å². The fraction of sp³-hybridized carbons (Fsp3) is 0.314. The number of amides is 3. The van der Waals surface area contributed by atoms with E-state index in [1.54, 1.807) is 13.3 Å². The highest BCUT2D eigenvalue weighted by Gasteiger charge is 2.30. The zero-order chi connectivity index (χ0) is 32.1. The van der Waals surface area contributed by atoms with Crippen molar-refractivity contribution in [3.05, 3.63) is 120 Å². The predicted molar refractivity (Wildman–Crippen MR) is 172 cm³/mol. The summed E-state index contributed by atoms with van der Waals surface area (Å²) in [6.07, 6.45) is 2.88. The highest BCUT2D eigenvalue weighted by atomic mass is 16.5. The van der Waals surface area contributed by atoms with Gasteiger partial charge in [-0.3, -0.25) is 9.59 Å². The van der Waals surface area contributed by atoms with Gasteiger partial charge in [0.05, 0.1) is 25.9 Å². The Balaban J connectivity index is 1.45. The van der Waals surface area contributed by atoms with Gasteiger partial charge in [0.1, 0.15) is 12.4 Å². The van der Waals surface area contributed by atoms with Crippen LogP contribution in [0.4, 0.5) is 4.79 Å². The number of carbonyl (C=O) groups excluding carboxylic acids is 3. The van der Waals surface area contributed by atoms with Crippen molar-refractivity contribution in [1.82, 2.24) is 25.5 Å². The molecule has 0 fully saturated rings. The van der Waals surface area contributed by atoms with Gasteiger partial charge >= 0.3 is 6.09 Å². The zero-order valence-electron chi connectivity index (χ0n) is 26.0. The summed E-state index contributed by atoms with van der Waals surface area (Å²) in [5.74, 6) is -0.688. The lowest BCUT2D eigenvalue weighted by molar-refractivity contribution is -0.137. The molecule has 236 valence electrons. The first kappa shape index (κ1) is 32.8. The van der Waals surface area contributed by atoms with Crippen LogP contribution in [-0.2, 0) is 32.8 Å². The molecule has 0 saturated carbocycles. The zero-order valence-corrected chi connectivity index (χ0v) is 26.0. The minimum absolute atomic E-state index is 0.0453. The number of hydrogen-bond donors (Lipinski definition) is 3. The molecule has 4 rings (SSSR count). The van der Waals surface area contributed by atoms with E-state index < -0.39 is 12.0 Å². The first-order valence-electron chi connectivity index (χ1n) is 14.9. The van der Waals surface area contributed by atoms with Gasteiger partial charge in [0.2, 0.25) is 11.8 Å². The number of nitrogens with zero attached hydrogens (tertiary/aromatic N) is 2. The van der Waals surface area contributed by atoms with E-state index in [2.05, 4.69) is 34.4 Å². The summed E-state index contributed by atoms with van der Waals surface area (Å²) in [7, 11) is 1.61. The van der Waals surface area contributed by atoms with Crippen LogP contribution in [0.25, 0.3) is 0 Å². The molecule has 1 aromatic heterocycles. The summed E-state index contributed by atoms with van der Waals surface area (Å²) in [6, 6.07) is 26.9. The van der Waals surface area contributed by atoms with Crippen LogP contribution in [0.1, 0.15) is 42.1 Å². The van der Waals surface area contributed by atoms with E-state index >= 15 is 0 Å². The number of H-pyrrole nitrogens is 1. The molecule has 10 nitrogen and oxygen atoms in total. The summed E-state index contributed by atoms with van der Waals surface area (Å²) >= 11 is 0. The van der Waals surface area contributed by atoms with E-state index in [1.165, 1.54) is 11.2 Å². The van der Waals surface area contributed by atoms with E-state index in [0.29, 0.717) is 18.7 Å². The molecule has 0 radical (unpaired) electrons. The van der Waals surface area contributed by atoms with Gasteiger partial charge in [-0.05, 0) is 35.2 Å². The molecule has 0 unspecified atom stereocenters. The average molecular weight is 612 g/mol. The second kappa shape index (κ2) is 16.1. The van der Waals surface area contributed by atoms with Crippen molar-refractivity contribution in [2.75, 3.05) is 33.3 Å². The number of hydrogen-bond acceptors (Lipinski definition) is 6. The van der Waals surface area contributed by atoms with Crippen LogP contribution in [0.5, 0.6) is 5.75 Å². The molecule has 0 saturated heterocycles. The van der Waals surface area contributed by atoms with E-state index in [-0.39, 0.29) is 43.5 Å². The maximum Gasteiger partial charge on any atom is 0.407 e. The van der Waals surface area contributed by atoms with Crippen LogP contribution in [0.3, 0.4) is 0 Å². The molecule has 0 aliphatic rings. The normalized spacial score (nSPS) is 11.7. The fourth-order valence-corrected chi connectivity index (χ4v) is 4.83. The third kappa shape index (κ3) is 9.96. The Morgan fingerprint density at radius 2 is 1.60 bits per heavy atom. The van der Waals surface area contributed by atoms with E-state index in [0.717, 1.165) is 22.4 Å². The standard InChI is InChI=1S/C35H41N5O5/c1-35(2,28-12-8-5-9-13-28)24-38-32(41)22-40(19-18-26-14-16-29(44-3)17-15-26)33(42)30(31-21-36-25-39-31)20-37-34(43)45-23-27-10-6-4-7-11-27/h4-17,21,25,30H,18-20,22-24H2,1-3H3,(H,36,39)(H,37,43)(H,38,41)/t30-/m0/s1. The SMILES string of the molecule is COc1ccc(CCN(CC(=O)NCC(C)(C)c2ccccc2)C(=O)[C@@H](CNC(=O)OCc2ccccc2)c2cnc[nH]2)cc1. The van der Waals surface area contributed by atoms with Crippen molar-refractivity contribution in [2.24, 2.45) is 0 Å². The Morgan fingerprint density at radius 3 is 2.24 bits per heavy atom. The molecule has 4 aromatic rings. The van der Waals surface area contributed by atoms with Gasteiger partial charge in [-0.25, -0.2) is 9.78 Å². The molecule has 3 aromatic carbocycles. The largest absolute Gasteiger partial charge is 0.497 e. The minimum atomic E-state index is -0.818. The summed E-state index contributed by atoms with van der Waals surface area (Å²) < 4.78 is 10.6. The lowest BCUT2D eigenvalue weighted by Gasteiger charge is -2.29. The summed E-state index contributed by atoms with van der Waals surface area (Å²) in [5, 5.41) is 5.73. The van der Waals surface area contributed by atoms with Crippen molar-refractivity contribution < 1.29 is 23.9 Å². The Bertz CT molecular complexity index is 1490. The number of aromatic amines is 1. The first-order chi connectivity index (χ1) is 21.7. The second-order valence-electron chi connectivity index (χ2n) is 11.4. The minimum Gasteiger partial charge on any atom is -0.497 e. The van der Waals surface area contributed by atoms with Crippen LogP contribution in [0.15, 0.2) is 97.5 Å². The van der Waals surface area contributed by atoms with Crippen LogP contribution in [0, 0.1) is 0 Å². The third-order valence-electron chi connectivity index (χ3n) is 7.61. The van der Waals surface area contributed by atoms with Crippen molar-refractivity contribution in [1.29, 1.82) is 0 Å². The smallest absolute Gasteiger partial charge is 0.407 e. The highest BCUT2D eigenvalue weighted by Crippen LogP contribution is 2.22. The first-order valence-corrected chi connectivity index (χ1v) is 14.9. The number of carbonyl (C=O) groups is 3. The number of methoxy groups -OCH3 is 1. The lowest BCUT2D eigenvalue weighted by Crippen LogP contribution is -2.47. The van der Waals surface area contributed by atoms with Gasteiger partial charge < -0.3 is 30.0 Å². The fourth-order valence-electron chi connectivity index (χ4n) is 4.83. The summed E-state index contributed by atoms with van der Waals surface area (Å²) in [4.78, 5) is 48.6. The quantitative estimate of drug-likeness (QED) is 0.181. The molecule has 3 amide bonds. The second-order valence-corrected chi connectivity index (χ2v) is 11.4. The number of benzene rings is 3. The summed E-state index contributed by atoms with van der Waals surface area (Å²) in [5.41, 5.74) is 3.14. The molecule has 10 heteroatoms. The average Bonchev–Trinajstić information content (AvgIpc) is 3.61. The number of rotatable bonds is 15. The Kier molecular flexibility index (Phi) is 11.7. The van der Waals surface area contributed by atoms with Gasteiger partial charge in [-0.2, -0.15) is 0 Å². The maximum absolute atomic E-state index is 14.1. The number of aromatic nitrogens is 2. The van der Waals surface area contributed by atoms with Crippen molar-refractivity contribution >= 4 is 17.9 Å². The molecule has 1 atom stereocenters. The molecule has 45 heavy (non-hydrogen) atoms. The third-order valence-corrected chi connectivity index (χ3v) is 7.61. The molecule has 0 aliphatic heterocycles. The van der Waals surface area contributed by atoms with E-state index in [4.69, 9.17) is 9.47 Å². The predicted octanol–water partition coefficient (Wildman–Crippen LogP) is 4.59. The number of nitrogens with one attached hydrogen (secondary N) is 3. The van der Waals surface area contributed by atoms with E-state index in [1.807, 2.05) is 84.9 Å². The molecule has 0 spiro atoms. The molecular formula is C35H41N5O5.